The zero-order valence-corrected chi connectivity index (χ0v) is 16.3. The van der Waals surface area contributed by atoms with Gasteiger partial charge in [-0.25, -0.2) is 0 Å². The van der Waals surface area contributed by atoms with E-state index < -0.39 is 11.9 Å². The third kappa shape index (κ3) is 3.51. The lowest BCUT2D eigenvalue weighted by atomic mass is 10.2. The lowest BCUT2D eigenvalue weighted by Gasteiger charge is -2.22. The predicted molar refractivity (Wildman–Crippen MR) is 104 cm³/mol. The molecular formula is C19H16F3N5OS. The average molecular weight is 419 g/mol. The van der Waals surface area contributed by atoms with Crippen molar-refractivity contribution < 1.29 is 18.0 Å². The van der Waals surface area contributed by atoms with E-state index in [0.29, 0.717) is 10.5 Å². The third-order valence-electron chi connectivity index (χ3n) is 4.55. The van der Waals surface area contributed by atoms with Crippen LogP contribution in [0.3, 0.4) is 0 Å². The number of nitrogens with zero attached hydrogens (tertiary/aromatic N) is 5. The molecular weight excluding hydrogens is 403 g/mol. The average Bonchev–Trinajstić information content (AvgIpc) is 3.36. The first-order valence-corrected chi connectivity index (χ1v) is 9.45. The molecule has 0 unspecified atom stereocenters. The van der Waals surface area contributed by atoms with Crippen molar-refractivity contribution >= 4 is 33.1 Å². The van der Waals surface area contributed by atoms with E-state index in [0.717, 1.165) is 21.7 Å². The Labute approximate surface area is 167 Å². The predicted octanol–water partition coefficient (Wildman–Crippen LogP) is 4.23. The Morgan fingerprint density at radius 3 is 2.48 bits per heavy atom. The van der Waals surface area contributed by atoms with Crippen LogP contribution in [-0.2, 0) is 26.8 Å². The number of para-hydroxylation sites is 1. The highest BCUT2D eigenvalue weighted by Gasteiger charge is 2.38. The standard InChI is InChI=1S/C19H16F3N5OS/c1-25-13(8-9-23-25)11-27(12-6-4-3-5-7-12)17(28)15-10-14-16(19(20,21)22)24-26(2)18(14)29-15/h3-10H,11H2,1-2H3. The molecule has 0 fully saturated rings. The maximum atomic E-state index is 13.3. The van der Waals surface area contributed by atoms with Gasteiger partial charge in [0.05, 0.1) is 17.1 Å². The molecule has 150 valence electrons. The molecule has 0 aliphatic carbocycles. The number of fused-ring (bicyclic) bond motifs is 1. The van der Waals surface area contributed by atoms with Gasteiger partial charge in [0.25, 0.3) is 5.91 Å². The Hall–Kier alpha value is -3.14. The van der Waals surface area contributed by atoms with E-state index in [1.54, 1.807) is 48.3 Å². The molecule has 0 saturated carbocycles. The summed E-state index contributed by atoms with van der Waals surface area (Å²) in [7, 11) is 3.20. The van der Waals surface area contributed by atoms with E-state index in [9.17, 15) is 18.0 Å². The number of halogens is 3. The summed E-state index contributed by atoms with van der Waals surface area (Å²) in [6.45, 7) is 0.234. The molecule has 10 heteroatoms. The van der Waals surface area contributed by atoms with Gasteiger partial charge in [-0.2, -0.15) is 23.4 Å². The van der Waals surface area contributed by atoms with Crippen molar-refractivity contribution in [2.24, 2.45) is 14.1 Å². The Kier molecular flexibility index (Phi) is 4.65. The summed E-state index contributed by atoms with van der Waals surface area (Å²) in [4.78, 5) is 15.4. The van der Waals surface area contributed by atoms with Crippen LogP contribution in [0.4, 0.5) is 18.9 Å². The van der Waals surface area contributed by atoms with E-state index in [1.807, 2.05) is 6.07 Å². The monoisotopic (exact) mass is 419 g/mol. The van der Waals surface area contributed by atoms with Crippen molar-refractivity contribution in [1.29, 1.82) is 0 Å². The molecule has 4 aromatic rings. The highest BCUT2D eigenvalue weighted by Crippen LogP contribution is 2.38. The van der Waals surface area contributed by atoms with Gasteiger partial charge >= 0.3 is 6.18 Å². The van der Waals surface area contributed by atoms with Gasteiger partial charge in [0.2, 0.25) is 0 Å². The Morgan fingerprint density at radius 1 is 1.14 bits per heavy atom. The minimum Gasteiger partial charge on any atom is -0.302 e. The second kappa shape index (κ2) is 7.03. The quantitative estimate of drug-likeness (QED) is 0.497. The lowest BCUT2D eigenvalue weighted by molar-refractivity contribution is -0.140. The van der Waals surface area contributed by atoms with Gasteiger partial charge in [0.1, 0.15) is 4.83 Å². The van der Waals surface area contributed by atoms with Gasteiger partial charge in [-0.1, -0.05) is 18.2 Å². The number of hydrogen-bond acceptors (Lipinski definition) is 4. The molecule has 0 saturated heterocycles. The smallest absolute Gasteiger partial charge is 0.302 e. The molecule has 0 aliphatic heterocycles. The highest BCUT2D eigenvalue weighted by atomic mass is 32.1. The molecule has 3 aromatic heterocycles. The van der Waals surface area contributed by atoms with E-state index >= 15 is 0 Å². The number of aromatic nitrogens is 4. The topological polar surface area (TPSA) is 56.0 Å². The van der Waals surface area contributed by atoms with Gasteiger partial charge < -0.3 is 4.90 Å². The zero-order valence-electron chi connectivity index (χ0n) is 15.5. The SMILES string of the molecule is Cn1nccc1CN(C(=O)c1cc2c(C(F)(F)F)nn(C)c2s1)c1ccccc1. The maximum Gasteiger partial charge on any atom is 0.435 e. The van der Waals surface area contributed by atoms with Crippen molar-refractivity contribution in [3.63, 3.8) is 0 Å². The molecule has 1 aromatic carbocycles. The molecule has 0 radical (unpaired) electrons. The fourth-order valence-electron chi connectivity index (χ4n) is 3.10. The number of alkyl halides is 3. The summed E-state index contributed by atoms with van der Waals surface area (Å²) < 4.78 is 42.7. The number of aryl methyl sites for hydroxylation is 2. The first kappa shape index (κ1) is 19.2. The molecule has 3 heterocycles. The first-order valence-electron chi connectivity index (χ1n) is 8.63. The molecule has 0 atom stereocenters. The van der Waals surface area contributed by atoms with Crippen LogP contribution in [0.1, 0.15) is 21.1 Å². The van der Waals surface area contributed by atoms with Crippen molar-refractivity contribution in [2.75, 3.05) is 4.90 Å². The summed E-state index contributed by atoms with van der Waals surface area (Å²) in [5, 5.41) is 7.61. The molecule has 4 rings (SSSR count). The van der Waals surface area contributed by atoms with Crippen LogP contribution >= 0.6 is 11.3 Å². The van der Waals surface area contributed by atoms with E-state index in [-0.39, 0.29) is 22.7 Å². The van der Waals surface area contributed by atoms with E-state index in [2.05, 4.69) is 10.2 Å². The summed E-state index contributed by atoms with van der Waals surface area (Å²) in [5.74, 6) is -0.383. The van der Waals surface area contributed by atoms with Gasteiger partial charge in [0.15, 0.2) is 5.69 Å². The van der Waals surface area contributed by atoms with E-state index in [1.165, 1.54) is 18.0 Å². The normalized spacial score (nSPS) is 11.9. The molecule has 1 amide bonds. The number of anilines is 1. The van der Waals surface area contributed by atoms with E-state index in [4.69, 9.17) is 0 Å². The zero-order chi connectivity index (χ0) is 20.8. The summed E-state index contributed by atoms with van der Waals surface area (Å²) in [6, 6.07) is 12.1. The molecule has 0 N–H and O–H groups in total. The van der Waals surface area contributed by atoms with Crippen LogP contribution < -0.4 is 4.90 Å². The van der Waals surface area contributed by atoms with Crippen molar-refractivity contribution in [3.8, 4) is 0 Å². The third-order valence-corrected chi connectivity index (χ3v) is 5.74. The van der Waals surface area contributed by atoms with Crippen molar-refractivity contribution in [2.45, 2.75) is 12.7 Å². The van der Waals surface area contributed by atoms with Gasteiger partial charge in [-0.15, -0.1) is 11.3 Å². The summed E-state index contributed by atoms with van der Waals surface area (Å²) in [5.41, 5.74) is 0.453. The maximum absolute atomic E-state index is 13.3. The Bertz CT molecular complexity index is 1180. The number of carbonyl (C=O) groups is 1. The Balaban J connectivity index is 1.77. The van der Waals surface area contributed by atoms with Crippen LogP contribution in [0.25, 0.3) is 10.2 Å². The van der Waals surface area contributed by atoms with Crippen LogP contribution in [-0.4, -0.2) is 25.5 Å². The van der Waals surface area contributed by atoms with Crippen LogP contribution in [0.2, 0.25) is 0 Å². The largest absolute Gasteiger partial charge is 0.435 e. The summed E-state index contributed by atoms with van der Waals surface area (Å²) >= 11 is 0.996. The van der Waals surface area contributed by atoms with Crippen LogP contribution in [0.15, 0.2) is 48.7 Å². The van der Waals surface area contributed by atoms with Gasteiger partial charge in [-0.05, 0) is 24.3 Å². The number of carbonyl (C=O) groups excluding carboxylic acids is 1. The minimum atomic E-state index is -4.59. The number of thiophene rings is 1. The molecule has 0 spiro atoms. The second-order valence-corrected chi connectivity index (χ2v) is 7.50. The number of rotatable bonds is 4. The molecule has 0 aliphatic rings. The summed E-state index contributed by atoms with van der Waals surface area (Å²) in [6.07, 6.45) is -2.96. The van der Waals surface area contributed by atoms with Gasteiger partial charge in [0, 0.05) is 31.4 Å². The minimum absolute atomic E-state index is 0.0677. The number of hydrogen-bond donors (Lipinski definition) is 0. The van der Waals surface area contributed by atoms with Crippen molar-refractivity contribution in [3.05, 3.63) is 64.9 Å². The highest BCUT2D eigenvalue weighted by molar-refractivity contribution is 7.20. The fraction of sp³-hybridized carbons (Fsp3) is 0.211. The second-order valence-electron chi connectivity index (χ2n) is 6.47. The number of benzene rings is 1. The van der Waals surface area contributed by atoms with Gasteiger partial charge in [-0.3, -0.25) is 14.2 Å². The fourth-order valence-corrected chi connectivity index (χ4v) is 4.12. The Morgan fingerprint density at radius 2 is 1.86 bits per heavy atom. The van der Waals surface area contributed by atoms with Crippen LogP contribution in [0.5, 0.6) is 0 Å². The van der Waals surface area contributed by atoms with Crippen molar-refractivity contribution in [1.82, 2.24) is 19.6 Å². The first-order chi connectivity index (χ1) is 13.8. The molecule has 0 bridgehead atoms. The molecule has 29 heavy (non-hydrogen) atoms. The molecule has 6 nitrogen and oxygen atoms in total. The van der Waals surface area contributed by atoms with Crippen LogP contribution in [0, 0.1) is 0 Å². The lowest BCUT2D eigenvalue weighted by Crippen LogP contribution is -2.30. The number of amides is 1.